The maximum Gasteiger partial charge on any atom is 0.401 e. The number of ether oxygens (including phenoxy) is 1. The zero-order valence-electron chi connectivity index (χ0n) is 6.29. The summed E-state index contributed by atoms with van der Waals surface area (Å²) in [5, 5.41) is 0. The van der Waals surface area contributed by atoms with Crippen LogP contribution in [0.5, 0.6) is 0 Å². The highest BCUT2D eigenvalue weighted by molar-refractivity contribution is 6.20. The van der Waals surface area contributed by atoms with Crippen LogP contribution < -0.4 is 0 Å². The third-order valence-electron chi connectivity index (χ3n) is 1.03. The molecule has 0 saturated heterocycles. The van der Waals surface area contributed by atoms with Gasteiger partial charge in [-0.3, -0.25) is 0 Å². The van der Waals surface area contributed by atoms with E-state index < -0.39 is 30.7 Å². The molecule has 0 radical (unpaired) electrons. The maximum atomic E-state index is 12.0. The van der Waals surface area contributed by atoms with Crippen molar-refractivity contribution in [1.29, 1.82) is 0 Å². The van der Waals surface area contributed by atoms with Gasteiger partial charge in [0.05, 0.1) is 0 Å². The van der Waals surface area contributed by atoms with Gasteiger partial charge in [-0.15, -0.1) is 0 Å². The highest BCUT2D eigenvalue weighted by Gasteiger charge is 2.47. The van der Waals surface area contributed by atoms with Gasteiger partial charge in [0.15, 0.2) is 0 Å². The third-order valence-corrected chi connectivity index (χ3v) is 1.28. The van der Waals surface area contributed by atoms with E-state index in [1.807, 2.05) is 0 Å². The van der Waals surface area contributed by atoms with Crippen molar-refractivity contribution >= 4 is 11.6 Å². The van der Waals surface area contributed by atoms with E-state index in [9.17, 15) is 30.7 Å². The molecule has 0 aliphatic heterocycles. The largest absolute Gasteiger partial charge is 0.401 e. The molecule has 0 N–H and O–H groups in total. The second kappa shape index (κ2) is 4.52. The van der Waals surface area contributed by atoms with Crippen LogP contribution in [0.15, 0.2) is 0 Å². The van der Waals surface area contributed by atoms with Crippen molar-refractivity contribution in [3.8, 4) is 0 Å². The topological polar surface area (TPSA) is 9.23 Å². The fraction of sp³-hybridized carbons (Fsp3) is 1.00. The van der Waals surface area contributed by atoms with Gasteiger partial charge in [0.2, 0.25) is 0 Å². The van der Waals surface area contributed by atoms with Gasteiger partial charge >= 0.3 is 18.5 Å². The van der Waals surface area contributed by atoms with E-state index in [0.29, 0.717) is 0 Å². The fourth-order valence-corrected chi connectivity index (χ4v) is 0.381. The summed E-state index contributed by atoms with van der Waals surface area (Å²) in [7, 11) is 0. The molecular formula is C5H4ClF7O. The smallest absolute Gasteiger partial charge is 0.311 e. The summed E-state index contributed by atoms with van der Waals surface area (Å²) < 4.78 is 85.4. The van der Waals surface area contributed by atoms with Gasteiger partial charge in [-0.05, 0) is 0 Å². The molecule has 0 aliphatic rings. The molecule has 0 heterocycles. The van der Waals surface area contributed by atoms with E-state index in [4.69, 9.17) is 0 Å². The second-order valence-corrected chi connectivity index (χ2v) is 2.60. The van der Waals surface area contributed by atoms with Crippen molar-refractivity contribution in [2.45, 2.75) is 24.1 Å². The summed E-state index contributed by atoms with van der Waals surface area (Å²) in [6, 6.07) is 0. The zero-order valence-corrected chi connectivity index (χ0v) is 7.05. The molecule has 0 saturated carbocycles. The Morgan fingerprint density at radius 2 is 1.50 bits per heavy atom. The lowest BCUT2D eigenvalue weighted by Gasteiger charge is -2.20. The molecule has 9 heteroatoms. The van der Waals surface area contributed by atoms with Crippen molar-refractivity contribution in [3.05, 3.63) is 0 Å². The first kappa shape index (κ1) is 13.8. The van der Waals surface area contributed by atoms with Crippen LogP contribution in [0.3, 0.4) is 0 Å². The summed E-state index contributed by atoms with van der Waals surface area (Å²) in [6.45, 7) is -2.31. The molecule has 1 atom stereocenters. The first-order valence-electron chi connectivity index (χ1n) is 3.05. The van der Waals surface area contributed by atoms with E-state index in [2.05, 4.69) is 16.3 Å². The number of hydrogen-bond donors (Lipinski definition) is 0. The highest BCUT2D eigenvalue weighted by atomic mass is 35.5. The lowest BCUT2D eigenvalue weighted by Crippen LogP contribution is -2.39. The minimum atomic E-state index is -4.77. The molecule has 0 aromatic heterocycles. The van der Waals surface area contributed by atoms with Crippen LogP contribution in [0.25, 0.3) is 0 Å². The second-order valence-electron chi connectivity index (χ2n) is 2.21. The average molecular weight is 249 g/mol. The summed E-state index contributed by atoms with van der Waals surface area (Å²) in [5.74, 6) is -4.77. The van der Waals surface area contributed by atoms with E-state index in [-0.39, 0.29) is 0 Å². The highest BCUT2D eigenvalue weighted by Crippen LogP contribution is 2.30. The summed E-state index contributed by atoms with van der Waals surface area (Å²) in [6.07, 6.45) is -8.90. The number of hydrogen-bond acceptors (Lipinski definition) is 1. The third kappa shape index (κ3) is 3.87. The van der Waals surface area contributed by atoms with Gasteiger partial charge in [0.1, 0.15) is 6.61 Å². The van der Waals surface area contributed by atoms with E-state index >= 15 is 0 Å². The van der Waals surface area contributed by atoms with Gasteiger partial charge in [-0.1, -0.05) is 11.6 Å². The predicted octanol–water partition coefficient (Wildman–Crippen LogP) is 3.03. The number of rotatable bonds is 5. The molecule has 1 unspecified atom stereocenters. The van der Waals surface area contributed by atoms with Crippen LogP contribution in [0.1, 0.15) is 0 Å². The Labute approximate surface area is 78.8 Å². The van der Waals surface area contributed by atoms with Gasteiger partial charge in [0.25, 0.3) is 5.63 Å². The first-order chi connectivity index (χ1) is 6.09. The van der Waals surface area contributed by atoms with Crippen molar-refractivity contribution in [1.82, 2.24) is 0 Å². The minimum absolute atomic E-state index is 2.31. The van der Waals surface area contributed by atoms with Crippen LogP contribution in [0.2, 0.25) is 0 Å². The Morgan fingerprint density at radius 3 is 1.79 bits per heavy atom. The predicted molar refractivity (Wildman–Crippen MR) is 32.6 cm³/mol. The van der Waals surface area contributed by atoms with Gasteiger partial charge in [-0.25, -0.2) is 13.2 Å². The molecule has 0 amide bonds. The summed E-state index contributed by atoms with van der Waals surface area (Å²) in [5.41, 5.74) is -3.38. The lowest BCUT2D eigenvalue weighted by atomic mass is 10.4. The van der Waals surface area contributed by atoms with E-state index in [1.54, 1.807) is 0 Å². The molecular weight excluding hydrogens is 244 g/mol. The summed E-state index contributed by atoms with van der Waals surface area (Å²) in [4.78, 5) is 0. The Balaban J connectivity index is 4.18. The molecule has 0 rings (SSSR count). The SMILES string of the molecule is FC(F)C(F)(F)COC(F)(F)C(F)Cl. The van der Waals surface area contributed by atoms with Crippen molar-refractivity contribution in [3.63, 3.8) is 0 Å². The Hall–Kier alpha value is -0.240. The fourth-order valence-electron chi connectivity index (χ4n) is 0.318. The Morgan fingerprint density at radius 1 is 1.07 bits per heavy atom. The van der Waals surface area contributed by atoms with Gasteiger partial charge in [-0.2, -0.15) is 17.6 Å². The van der Waals surface area contributed by atoms with Crippen LogP contribution in [-0.2, 0) is 4.74 Å². The maximum absolute atomic E-state index is 12.0. The molecule has 0 bridgehead atoms. The molecule has 0 spiro atoms. The molecule has 0 aromatic rings. The van der Waals surface area contributed by atoms with E-state index in [0.717, 1.165) is 0 Å². The van der Waals surface area contributed by atoms with Crippen LogP contribution in [0, 0.1) is 0 Å². The number of alkyl halides is 8. The first-order valence-corrected chi connectivity index (χ1v) is 3.49. The van der Waals surface area contributed by atoms with Crippen molar-refractivity contribution < 1.29 is 35.5 Å². The molecule has 1 nitrogen and oxygen atoms in total. The molecule has 86 valence electrons. The normalized spacial score (nSPS) is 16.1. The quantitative estimate of drug-likeness (QED) is 0.537. The Kier molecular flexibility index (Phi) is 4.44. The van der Waals surface area contributed by atoms with Crippen molar-refractivity contribution in [2.24, 2.45) is 0 Å². The number of halogens is 8. The minimum Gasteiger partial charge on any atom is -0.311 e. The zero-order chi connectivity index (χ0) is 11.6. The molecule has 0 aromatic carbocycles. The average Bonchev–Trinajstić information content (AvgIpc) is 2.01. The lowest BCUT2D eigenvalue weighted by molar-refractivity contribution is -0.292. The summed E-state index contributed by atoms with van der Waals surface area (Å²) >= 11 is 4.20. The van der Waals surface area contributed by atoms with Gasteiger partial charge in [0, 0.05) is 0 Å². The van der Waals surface area contributed by atoms with E-state index in [1.165, 1.54) is 0 Å². The molecule has 0 fully saturated rings. The molecule has 0 aliphatic carbocycles. The van der Waals surface area contributed by atoms with Crippen LogP contribution in [0.4, 0.5) is 30.7 Å². The van der Waals surface area contributed by atoms with Crippen LogP contribution in [-0.4, -0.2) is 30.7 Å². The van der Waals surface area contributed by atoms with Gasteiger partial charge < -0.3 is 4.74 Å². The molecule has 14 heavy (non-hydrogen) atoms. The standard InChI is InChI=1S/C5H4ClF7O/c6-2(7)5(12,13)14-1-4(10,11)3(8)9/h2-3H,1H2. The Bertz CT molecular complexity index is 163. The monoisotopic (exact) mass is 248 g/mol. The van der Waals surface area contributed by atoms with Crippen LogP contribution >= 0.6 is 11.6 Å². The van der Waals surface area contributed by atoms with Crippen molar-refractivity contribution in [2.75, 3.05) is 6.61 Å².